The Bertz CT molecular complexity index is 490. The Labute approximate surface area is 137 Å². The van der Waals surface area contributed by atoms with Crippen LogP contribution >= 0.6 is 11.6 Å². The van der Waals surface area contributed by atoms with E-state index >= 15 is 0 Å². The van der Waals surface area contributed by atoms with Gasteiger partial charge in [-0.05, 0) is 45.1 Å². The second-order valence-electron chi connectivity index (χ2n) is 5.82. The summed E-state index contributed by atoms with van der Waals surface area (Å²) in [6.45, 7) is 2.90. The summed E-state index contributed by atoms with van der Waals surface area (Å²) in [5.74, 6) is 0. The zero-order chi connectivity index (χ0) is 15.9. The molecular weight excluding hydrogens is 302 g/mol. The van der Waals surface area contributed by atoms with Crippen LogP contribution in [0, 0.1) is 0 Å². The van der Waals surface area contributed by atoms with Crippen molar-refractivity contribution >= 4 is 23.3 Å². The first kappa shape index (κ1) is 17.1. The number of ether oxygens (including phenoxy) is 1. The van der Waals surface area contributed by atoms with E-state index in [1.165, 1.54) is 0 Å². The van der Waals surface area contributed by atoms with Gasteiger partial charge < -0.3 is 19.9 Å². The number of nitrogens with zero attached hydrogens (tertiary/aromatic N) is 2. The lowest BCUT2D eigenvalue weighted by Crippen LogP contribution is -2.43. The molecule has 0 aromatic heterocycles. The van der Waals surface area contributed by atoms with Crippen LogP contribution in [-0.4, -0.2) is 62.3 Å². The van der Waals surface area contributed by atoms with Gasteiger partial charge in [-0.25, -0.2) is 4.79 Å². The summed E-state index contributed by atoms with van der Waals surface area (Å²) in [6, 6.07) is 7.07. The van der Waals surface area contributed by atoms with Gasteiger partial charge in [0.05, 0.1) is 6.10 Å². The van der Waals surface area contributed by atoms with Crippen molar-refractivity contribution in [3.05, 3.63) is 29.3 Å². The van der Waals surface area contributed by atoms with Crippen molar-refractivity contribution in [2.24, 2.45) is 0 Å². The van der Waals surface area contributed by atoms with Crippen LogP contribution < -0.4 is 5.32 Å². The summed E-state index contributed by atoms with van der Waals surface area (Å²) < 4.78 is 5.65. The zero-order valence-electron chi connectivity index (χ0n) is 13.2. The molecule has 1 saturated heterocycles. The summed E-state index contributed by atoms with van der Waals surface area (Å²) in [6.07, 6.45) is 2.23. The molecule has 5 nitrogen and oxygen atoms in total. The van der Waals surface area contributed by atoms with E-state index < -0.39 is 0 Å². The second-order valence-corrected chi connectivity index (χ2v) is 6.26. The van der Waals surface area contributed by atoms with Crippen LogP contribution in [-0.2, 0) is 4.74 Å². The summed E-state index contributed by atoms with van der Waals surface area (Å²) in [5.41, 5.74) is 0.708. The molecule has 1 N–H and O–H groups in total. The third kappa shape index (κ3) is 5.48. The summed E-state index contributed by atoms with van der Waals surface area (Å²) in [4.78, 5) is 16.4. The molecule has 2 amide bonds. The SMILES string of the molecule is CN(C)CCN(C[C@@H]1CCCO1)C(=O)Nc1cccc(Cl)c1. The third-order valence-electron chi connectivity index (χ3n) is 3.63. The first-order valence-corrected chi connectivity index (χ1v) is 8.00. The van der Waals surface area contributed by atoms with E-state index in [1.807, 2.05) is 31.1 Å². The number of nitrogens with one attached hydrogen (secondary N) is 1. The van der Waals surface area contributed by atoms with Crippen LogP contribution in [0.4, 0.5) is 10.5 Å². The van der Waals surface area contributed by atoms with Gasteiger partial charge in [-0.3, -0.25) is 0 Å². The number of hydrogen-bond donors (Lipinski definition) is 1. The maximum Gasteiger partial charge on any atom is 0.321 e. The zero-order valence-corrected chi connectivity index (χ0v) is 14.0. The van der Waals surface area contributed by atoms with E-state index in [1.54, 1.807) is 12.1 Å². The molecule has 1 aliphatic heterocycles. The molecule has 1 aromatic carbocycles. The van der Waals surface area contributed by atoms with Crippen LogP contribution in [0.5, 0.6) is 0 Å². The summed E-state index contributed by atoms with van der Waals surface area (Å²) >= 11 is 5.96. The number of carbonyl (C=O) groups excluding carboxylic acids is 1. The molecule has 1 heterocycles. The van der Waals surface area contributed by atoms with Gasteiger partial charge in [0.15, 0.2) is 0 Å². The Hall–Kier alpha value is -1.30. The highest BCUT2D eigenvalue weighted by Crippen LogP contribution is 2.17. The fourth-order valence-electron chi connectivity index (χ4n) is 2.40. The van der Waals surface area contributed by atoms with Crippen molar-refractivity contribution in [2.75, 3.05) is 45.7 Å². The van der Waals surface area contributed by atoms with Gasteiger partial charge in [0, 0.05) is 37.0 Å². The van der Waals surface area contributed by atoms with Crippen LogP contribution in [0.2, 0.25) is 5.02 Å². The minimum absolute atomic E-state index is 0.111. The molecule has 0 bridgehead atoms. The number of rotatable bonds is 6. The second kappa shape index (κ2) is 8.36. The smallest absolute Gasteiger partial charge is 0.321 e. The molecule has 1 aromatic rings. The number of carbonyl (C=O) groups is 1. The number of hydrogen-bond acceptors (Lipinski definition) is 3. The average Bonchev–Trinajstić information content (AvgIpc) is 2.96. The van der Waals surface area contributed by atoms with Crippen molar-refractivity contribution in [3.8, 4) is 0 Å². The molecule has 22 heavy (non-hydrogen) atoms. The molecule has 0 unspecified atom stereocenters. The third-order valence-corrected chi connectivity index (χ3v) is 3.86. The first-order chi connectivity index (χ1) is 10.5. The lowest BCUT2D eigenvalue weighted by molar-refractivity contribution is 0.0820. The standard InChI is InChI=1S/C16H24ClN3O2/c1-19(2)8-9-20(12-15-7-4-10-22-15)16(21)18-14-6-3-5-13(17)11-14/h3,5-6,11,15H,4,7-10,12H2,1-2H3,(H,18,21)/t15-/m0/s1. The Morgan fingerprint density at radius 1 is 1.41 bits per heavy atom. The Morgan fingerprint density at radius 2 is 2.23 bits per heavy atom. The van der Waals surface area contributed by atoms with Crippen molar-refractivity contribution < 1.29 is 9.53 Å². The maximum absolute atomic E-state index is 12.5. The molecule has 0 aliphatic carbocycles. The number of anilines is 1. The molecule has 0 radical (unpaired) electrons. The normalized spacial score (nSPS) is 17.7. The highest BCUT2D eigenvalue weighted by Gasteiger charge is 2.22. The van der Waals surface area contributed by atoms with Gasteiger partial charge in [0.2, 0.25) is 0 Å². The largest absolute Gasteiger partial charge is 0.376 e. The van der Waals surface area contributed by atoms with Gasteiger partial charge in [-0.2, -0.15) is 0 Å². The van der Waals surface area contributed by atoms with Crippen LogP contribution in [0.3, 0.4) is 0 Å². The van der Waals surface area contributed by atoms with Gasteiger partial charge in [-0.15, -0.1) is 0 Å². The molecule has 0 saturated carbocycles. The lowest BCUT2D eigenvalue weighted by Gasteiger charge is -2.27. The van der Waals surface area contributed by atoms with E-state index in [9.17, 15) is 4.79 Å². The number of amides is 2. The predicted octanol–water partition coefficient (Wildman–Crippen LogP) is 2.91. The van der Waals surface area contributed by atoms with Crippen LogP contribution in [0.15, 0.2) is 24.3 Å². The number of benzene rings is 1. The van der Waals surface area contributed by atoms with Gasteiger partial charge >= 0.3 is 6.03 Å². The van der Waals surface area contributed by atoms with E-state index in [-0.39, 0.29) is 12.1 Å². The molecule has 2 rings (SSSR count). The fourth-order valence-corrected chi connectivity index (χ4v) is 2.59. The summed E-state index contributed by atoms with van der Waals surface area (Å²) in [5, 5.41) is 3.52. The van der Waals surface area contributed by atoms with Crippen molar-refractivity contribution in [3.63, 3.8) is 0 Å². The number of halogens is 1. The molecule has 0 spiro atoms. The summed E-state index contributed by atoms with van der Waals surface area (Å²) in [7, 11) is 4.00. The molecule has 1 aliphatic rings. The van der Waals surface area contributed by atoms with Gasteiger partial charge in [0.1, 0.15) is 0 Å². The van der Waals surface area contributed by atoms with E-state index in [0.717, 1.165) is 26.0 Å². The quantitative estimate of drug-likeness (QED) is 0.874. The van der Waals surface area contributed by atoms with Crippen molar-refractivity contribution in [2.45, 2.75) is 18.9 Å². The molecular formula is C16H24ClN3O2. The maximum atomic E-state index is 12.5. The Morgan fingerprint density at radius 3 is 2.86 bits per heavy atom. The van der Waals surface area contributed by atoms with E-state index in [4.69, 9.17) is 16.3 Å². The minimum atomic E-state index is -0.111. The first-order valence-electron chi connectivity index (χ1n) is 7.62. The van der Waals surface area contributed by atoms with Crippen molar-refractivity contribution in [1.29, 1.82) is 0 Å². The number of likely N-dealkylation sites (N-methyl/N-ethyl adjacent to an activating group) is 1. The molecule has 6 heteroatoms. The lowest BCUT2D eigenvalue weighted by atomic mass is 10.2. The van der Waals surface area contributed by atoms with Crippen LogP contribution in [0.1, 0.15) is 12.8 Å². The highest BCUT2D eigenvalue weighted by molar-refractivity contribution is 6.30. The van der Waals surface area contributed by atoms with E-state index in [0.29, 0.717) is 23.8 Å². The van der Waals surface area contributed by atoms with Gasteiger partial charge in [-0.1, -0.05) is 17.7 Å². The molecule has 1 fully saturated rings. The highest BCUT2D eigenvalue weighted by atomic mass is 35.5. The molecule has 1 atom stereocenters. The van der Waals surface area contributed by atoms with Crippen LogP contribution in [0.25, 0.3) is 0 Å². The molecule has 122 valence electrons. The number of urea groups is 1. The topological polar surface area (TPSA) is 44.8 Å². The monoisotopic (exact) mass is 325 g/mol. The Balaban J connectivity index is 1.97. The average molecular weight is 326 g/mol. The van der Waals surface area contributed by atoms with Crippen molar-refractivity contribution in [1.82, 2.24) is 9.80 Å². The van der Waals surface area contributed by atoms with Gasteiger partial charge in [0.25, 0.3) is 0 Å². The Kier molecular flexibility index (Phi) is 6.49. The van der Waals surface area contributed by atoms with E-state index in [2.05, 4.69) is 10.2 Å². The predicted molar refractivity (Wildman–Crippen MR) is 89.6 cm³/mol. The fraction of sp³-hybridized carbons (Fsp3) is 0.562. The minimum Gasteiger partial charge on any atom is -0.376 e.